The van der Waals surface area contributed by atoms with Crippen molar-refractivity contribution in [3.05, 3.63) is 90.3 Å². The molecule has 0 radical (unpaired) electrons. The van der Waals surface area contributed by atoms with Gasteiger partial charge in [-0.1, -0.05) is 96.7 Å². The number of benzene rings is 2. The van der Waals surface area contributed by atoms with Gasteiger partial charge < -0.3 is 0 Å². The molecule has 0 N–H and O–H groups in total. The van der Waals surface area contributed by atoms with Crippen molar-refractivity contribution >= 4 is 23.9 Å². The first-order valence-corrected chi connectivity index (χ1v) is 8.84. The molecule has 3 nitrogen and oxygen atoms in total. The quantitative estimate of drug-likeness (QED) is 0.582. The Hall–Kier alpha value is -2.59. The van der Waals surface area contributed by atoms with Gasteiger partial charge in [-0.15, -0.1) is 0 Å². The van der Waals surface area contributed by atoms with E-state index >= 15 is 0 Å². The SMILES string of the molecule is C(=C\c1ccccc1)/CSc1ncnn1C/C=C/c1ccccc1. The molecule has 0 atom stereocenters. The molecular formula is C20H19N3S. The summed E-state index contributed by atoms with van der Waals surface area (Å²) in [5.41, 5.74) is 2.41. The van der Waals surface area contributed by atoms with Crippen molar-refractivity contribution < 1.29 is 0 Å². The van der Waals surface area contributed by atoms with Crippen molar-refractivity contribution in [2.75, 3.05) is 5.75 Å². The molecule has 0 saturated carbocycles. The van der Waals surface area contributed by atoms with Crippen LogP contribution in [0, 0.1) is 0 Å². The average Bonchev–Trinajstić information content (AvgIpc) is 3.08. The lowest BCUT2D eigenvalue weighted by Gasteiger charge is -2.01. The van der Waals surface area contributed by atoms with E-state index in [1.165, 1.54) is 11.1 Å². The van der Waals surface area contributed by atoms with Crippen molar-refractivity contribution in [3.8, 4) is 0 Å². The van der Waals surface area contributed by atoms with Crippen molar-refractivity contribution in [3.63, 3.8) is 0 Å². The predicted molar refractivity (Wildman–Crippen MR) is 102 cm³/mol. The second-order valence-electron chi connectivity index (χ2n) is 5.16. The van der Waals surface area contributed by atoms with E-state index in [4.69, 9.17) is 0 Å². The molecule has 0 bridgehead atoms. The maximum absolute atomic E-state index is 4.33. The zero-order chi connectivity index (χ0) is 16.5. The van der Waals surface area contributed by atoms with Gasteiger partial charge in [-0.25, -0.2) is 9.67 Å². The molecule has 0 unspecified atom stereocenters. The van der Waals surface area contributed by atoms with Gasteiger partial charge in [0.2, 0.25) is 0 Å². The van der Waals surface area contributed by atoms with Crippen molar-refractivity contribution in [1.82, 2.24) is 14.8 Å². The summed E-state index contributed by atoms with van der Waals surface area (Å²) < 4.78 is 1.92. The molecule has 3 rings (SSSR count). The highest BCUT2D eigenvalue weighted by molar-refractivity contribution is 7.99. The maximum atomic E-state index is 4.33. The summed E-state index contributed by atoms with van der Waals surface area (Å²) >= 11 is 1.69. The van der Waals surface area contributed by atoms with E-state index in [0.717, 1.165) is 17.5 Å². The first-order valence-electron chi connectivity index (χ1n) is 7.85. The number of hydrogen-bond donors (Lipinski definition) is 0. The number of nitrogens with zero attached hydrogens (tertiary/aromatic N) is 3. The molecule has 0 aliphatic heterocycles. The van der Waals surface area contributed by atoms with E-state index in [-0.39, 0.29) is 0 Å². The Kier molecular flexibility index (Phi) is 6.03. The molecule has 2 aromatic carbocycles. The van der Waals surface area contributed by atoms with Crippen LogP contribution in [0.15, 0.2) is 84.3 Å². The molecule has 0 spiro atoms. The normalized spacial score (nSPS) is 11.5. The number of allylic oxidation sites excluding steroid dienone is 1. The second kappa shape index (κ2) is 8.89. The Morgan fingerprint density at radius 3 is 2.12 bits per heavy atom. The third-order valence-corrected chi connectivity index (χ3v) is 4.32. The van der Waals surface area contributed by atoms with Crippen LogP contribution in [0.2, 0.25) is 0 Å². The summed E-state index contributed by atoms with van der Waals surface area (Å²) in [6.07, 6.45) is 10.1. The number of thioether (sulfide) groups is 1. The van der Waals surface area contributed by atoms with Gasteiger partial charge in [0.25, 0.3) is 0 Å². The number of rotatable bonds is 7. The van der Waals surface area contributed by atoms with Crippen molar-refractivity contribution in [1.29, 1.82) is 0 Å². The molecule has 0 amide bonds. The van der Waals surface area contributed by atoms with Crippen LogP contribution in [0.1, 0.15) is 11.1 Å². The lowest BCUT2D eigenvalue weighted by molar-refractivity contribution is 0.632. The molecule has 0 saturated heterocycles. The minimum atomic E-state index is 0.722. The third kappa shape index (κ3) is 4.96. The number of hydrogen-bond acceptors (Lipinski definition) is 3. The molecule has 3 aromatic rings. The Morgan fingerprint density at radius 1 is 0.833 bits per heavy atom. The summed E-state index contributed by atoms with van der Waals surface area (Å²) in [5, 5.41) is 5.23. The highest BCUT2D eigenvalue weighted by Crippen LogP contribution is 2.15. The van der Waals surface area contributed by atoms with Gasteiger partial charge in [0, 0.05) is 5.75 Å². The van der Waals surface area contributed by atoms with E-state index in [1.807, 2.05) is 41.1 Å². The van der Waals surface area contributed by atoms with Crippen molar-refractivity contribution in [2.24, 2.45) is 0 Å². The topological polar surface area (TPSA) is 30.7 Å². The largest absolute Gasteiger partial charge is 0.237 e. The van der Waals surface area contributed by atoms with Crippen LogP contribution in [0.4, 0.5) is 0 Å². The van der Waals surface area contributed by atoms with E-state index in [9.17, 15) is 0 Å². The average molecular weight is 333 g/mol. The maximum Gasteiger partial charge on any atom is 0.186 e. The lowest BCUT2D eigenvalue weighted by atomic mass is 10.2. The van der Waals surface area contributed by atoms with E-state index in [2.05, 4.69) is 58.7 Å². The summed E-state index contributed by atoms with van der Waals surface area (Å²) in [4.78, 5) is 4.33. The third-order valence-electron chi connectivity index (χ3n) is 3.39. The first kappa shape index (κ1) is 16.3. The van der Waals surface area contributed by atoms with Crippen LogP contribution >= 0.6 is 11.8 Å². The predicted octanol–water partition coefficient (Wildman–Crippen LogP) is 4.80. The van der Waals surface area contributed by atoms with E-state index in [0.29, 0.717) is 0 Å². The van der Waals surface area contributed by atoms with Gasteiger partial charge in [-0.3, -0.25) is 0 Å². The minimum absolute atomic E-state index is 0.722. The van der Waals surface area contributed by atoms with Crippen LogP contribution in [-0.4, -0.2) is 20.5 Å². The molecule has 1 aromatic heterocycles. The minimum Gasteiger partial charge on any atom is -0.237 e. The summed E-state index contributed by atoms with van der Waals surface area (Å²) in [6, 6.07) is 20.6. The monoisotopic (exact) mass is 333 g/mol. The second-order valence-corrected chi connectivity index (χ2v) is 6.15. The fourth-order valence-electron chi connectivity index (χ4n) is 2.21. The summed E-state index contributed by atoms with van der Waals surface area (Å²) in [6.45, 7) is 0.722. The highest BCUT2D eigenvalue weighted by atomic mass is 32.2. The Labute approximate surface area is 146 Å². The summed E-state index contributed by atoms with van der Waals surface area (Å²) in [5.74, 6) is 0.871. The van der Waals surface area contributed by atoms with Gasteiger partial charge in [-0.05, 0) is 11.1 Å². The van der Waals surface area contributed by atoms with Crippen LogP contribution in [-0.2, 0) is 6.54 Å². The zero-order valence-electron chi connectivity index (χ0n) is 13.3. The molecule has 120 valence electrons. The van der Waals surface area contributed by atoms with Gasteiger partial charge in [-0.2, -0.15) is 5.10 Å². The van der Waals surface area contributed by atoms with E-state index in [1.54, 1.807) is 18.1 Å². The Balaban J connectivity index is 1.52. The molecule has 24 heavy (non-hydrogen) atoms. The van der Waals surface area contributed by atoms with Crippen LogP contribution in [0.3, 0.4) is 0 Å². The Bertz CT molecular complexity index is 792. The van der Waals surface area contributed by atoms with Gasteiger partial charge in [0.15, 0.2) is 5.16 Å². The van der Waals surface area contributed by atoms with Gasteiger partial charge in [0.05, 0.1) is 6.54 Å². The van der Waals surface area contributed by atoms with Crippen LogP contribution < -0.4 is 0 Å². The molecule has 0 aliphatic rings. The zero-order valence-corrected chi connectivity index (χ0v) is 14.1. The fourth-order valence-corrected chi connectivity index (χ4v) is 2.95. The smallest absolute Gasteiger partial charge is 0.186 e. The molecule has 0 fully saturated rings. The van der Waals surface area contributed by atoms with Gasteiger partial charge >= 0.3 is 0 Å². The summed E-state index contributed by atoms with van der Waals surface area (Å²) in [7, 11) is 0. The first-order chi connectivity index (χ1) is 11.9. The van der Waals surface area contributed by atoms with Crippen molar-refractivity contribution in [2.45, 2.75) is 11.7 Å². The van der Waals surface area contributed by atoms with Crippen LogP contribution in [0.5, 0.6) is 0 Å². The molecular weight excluding hydrogens is 314 g/mol. The molecule has 0 aliphatic carbocycles. The van der Waals surface area contributed by atoms with Gasteiger partial charge in [0.1, 0.15) is 6.33 Å². The fraction of sp³-hybridized carbons (Fsp3) is 0.100. The lowest BCUT2D eigenvalue weighted by Crippen LogP contribution is -1.99. The molecule has 1 heterocycles. The number of aromatic nitrogens is 3. The molecule has 4 heteroatoms. The van der Waals surface area contributed by atoms with Crippen LogP contribution in [0.25, 0.3) is 12.2 Å². The highest BCUT2D eigenvalue weighted by Gasteiger charge is 2.01. The Morgan fingerprint density at radius 2 is 1.46 bits per heavy atom. The van der Waals surface area contributed by atoms with E-state index < -0.39 is 0 Å². The standard InChI is InChI=1S/C20H19N3S/c1-3-9-18(10-4-1)13-7-15-23-20(21-17-22-23)24-16-8-14-19-11-5-2-6-12-19/h1-14,17H,15-16H2/b13-7+,14-8+.